The number of H-pyrrole nitrogens is 1. The molecule has 7 heteroatoms. The molecular formula is C18H24N4O3. The number of piperidine rings is 1. The summed E-state index contributed by atoms with van der Waals surface area (Å²) in [5, 5.41) is 2.97. The number of hydrogen-bond donors (Lipinski definition) is 2. The lowest BCUT2D eigenvalue weighted by atomic mass is 9.97. The van der Waals surface area contributed by atoms with Crippen LogP contribution in [0.15, 0.2) is 33.7 Å². The highest BCUT2D eigenvalue weighted by atomic mass is 16.3. The van der Waals surface area contributed by atoms with E-state index >= 15 is 0 Å². The van der Waals surface area contributed by atoms with Crippen LogP contribution in [0.4, 0.5) is 0 Å². The van der Waals surface area contributed by atoms with Crippen molar-refractivity contribution in [1.82, 2.24) is 20.2 Å². The van der Waals surface area contributed by atoms with Gasteiger partial charge >= 0.3 is 0 Å². The zero-order valence-corrected chi connectivity index (χ0v) is 14.5. The van der Waals surface area contributed by atoms with E-state index in [0.717, 1.165) is 38.2 Å². The Kier molecular flexibility index (Phi) is 5.65. The summed E-state index contributed by atoms with van der Waals surface area (Å²) in [5.74, 6) is 1.59. The summed E-state index contributed by atoms with van der Waals surface area (Å²) in [4.78, 5) is 33.1. The van der Waals surface area contributed by atoms with Crippen LogP contribution in [0.1, 0.15) is 30.1 Å². The molecule has 25 heavy (non-hydrogen) atoms. The van der Waals surface area contributed by atoms with Crippen molar-refractivity contribution in [2.45, 2.75) is 32.7 Å². The van der Waals surface area contributed by atoms with Crippen molar-refractivity contribution >= 4 is 5.91 Å². The Labute approximate surface area is 146 Å². The molecule has 2 aromatic heterocycles. The molecule has 0 unspecified atom stereocenters. The predicted molar refractivity (Wildman–Crippen MR) is 93.0 cm³/mol. The van der Waals surface area contributed by atoms with Crippen molar-refractivity contribution < 1.29 is 9.21 Å². The molecule has 3 heterocycles. The van der Waals surface area contributed by atoms with E-state index in [2.05, 4.69) is 20.2 Å². The maximum Gasteiger partial charge on any atom is 0.251 e. The summed E-state index contributed by atoms with van der Waals surface area (Å²) in [7, 11) is 0. The maximum atomic E-state index is 12.4. The second-order valence-electron chi connectivity index (χ2n) is 6.53. The minimum Gasteiger partial charge on any atom is -0.468 e. The van der Waals surface area contributed by atoms with Crippen molar-refractivity contribution in [3.8, 4) is 0 Å². The summed E-state index contributed by atoms with van der Waals surface area (Å²) in [6.07, 6.45) is 4.10. The molecule has 1 amide bonds. The highest BCUT2D eigenvalue weighted by molar-refractivity contribution is 5.78. The summed E-state index contributed by atoms with van der Waals surface area (Å²) < 4.78 is 5.39. The summed E-state index contributed by atoms with van der Waals surface area (Å²) in [6, 6.07) is 5.30. The summed E-state index contributed by atoms with van der Waals surface area (Å²) in [5.41, 5.74) is 0.528. The van der Waals surface area contributed by atoms with Gasteiger partial charge in [-0.15, -0.1) is 0 Å². The van der Waals surface area contributed by atoms with Gasteiger partial charge < -0.3 is 14.7 Å². The Bertz CT molecular complexity index is 754. The Hall–Kier alpha value is -2.41. The minimum absolute atomic E-state index is 0.00627. The number of aromatic amines is 1. The van der Waals surface area contributed by atoms with Gasteiger partial charge in [-0.1, -0.05) is 0 Å². The molecule has 0 saturated carbocycles. The monoisotopic (exact) mass is 344 g/mol. The number of aryl methyl sites for hydroxylation is 1. The van der Waals surface area contributed by atoms with E-state index in [1.165, 1.54) is 6.07 Å². The quantitative estimate of drug-likeness (QED) is 0.823. The largest absolute Gasteiger partial charge is 0.468 e. The van der Waals surface area contributed by atoms with E-state index in [9.17, 15) is 9.59 Å². The molecule has 1 fully saturated rings. The minimum atomic E-state index is -0.158. The van der Waals surface area contributed by atoms with Crippen LogP contribution in [-0.2, 0) is 17.8 Å². The van der Waals surface area contributed by atoms with Gasteiger partial charge in [0, 0.05) is 31.3 Å². The van der Waals surface area contributed by atoms with Crippen molar-refractivity contribution in [2.75, 3.05) is 19.6 Å². The summed E-state index contributed by atoms with van der Waals surface area (Å²) >= 11 is 0. The third-order valence-corrected chi connectivity index (χ3v) is 4.42. The number of nitrogens with zero attached hydrogens (tertiary/aromatic N) is 2. The maximum absolute atomic E-state index is 12.4. The molecule has 7 nitrogen and oxygen atoms in total. The highest BCUT2D eigenvalue weighted by Crippen LogP contribution is 2.19. The third-order valence-electron chi connectivity index (χ3n) is 4.42. The fraction of sp³-hybridized carbons (Fsp3) is 0.500. The third kappa shape index (κ3) is 5.03. The van der Waals surface area contributed by atoms with Crippen LogP contribution < -0.4 is 10.9 Å². The molecule has 2 aromatic rings. The van der Waals surface area contributed by atoms with Gasteiger partial charge in [0.25, 0.3) is 5.56 Å². The van der Waals surface area contributed by atoms with Crippen molar-refractivity contribution in [2.24, 2.45) is 5.92 Å². The molecule has 1 atom stereocenters. The molecule has 0 bridgehead atoms. The Morgan fingerprint density at radius 3 is 3.16 bits per heavy atom. The molecule has 1 saturated heterocycles. The van der Waals surface area contributed by atoms with E-state index in [1.807, 2.05) is 12.1 Å². The number of carbonyl (C=O) groups is 1. The number of nitrogens with one attached hydrogen (secondary N) is 2. The van der Waals surface area contributed by atoms with Crippen LogP contribution in [0.3, 0.4) is 0 Å². The fourth-order valence-electron chi connectivity index (χ4n) is 3.24. The van der Waals surface area contributed by atoms with Crippen LogP contribution in [0.25, 0.3) is 0 Å². The molecule has 0 spiro atoms. The first-order chi connectivity index (χ1) is 12.1. The predicted octanol–water partition coefficient (Wildman–Crippen LogP) is 1.24. The van der Waals surface area contributed by atoms with Crippen LogP contribution in [0.5, 0.6) is 0 Å². The molecule has 134 valence electrons. The first-order valence-corrected chi connectivity index (χ1v) is 8.69. The first kappa shape index (κ1) is 17.4. The Balaban J connectivity index is 1.46. The first-order valence-electron chi connectivity index (χ1n) is 8.69. The van der Waals surface area contributed by atoms with Gasteiger partial charge in [-0.05, 0) is 38.4 Å². The van der Waals surface area contributed by atoms with Gasteiger partial charge in [0.15, 0.2) is 0 Å². The topological polar surface area (TPSA) is 91.2 Å². The number of likely N-dealkylation sites (tertiary alicyclic amines) is 1. The van der Waals surface area contributed by atoms with Gasteiger partial charge in [0.1, 0.15) is 11.6 Å². The Morgan fingerprint density at radius 2 is 2.40 bits per heavy atom. The van der Waals surface area contributed by atoms with Crippen molar-refractivity contribution in [3.05, 3.63) is 52.1 Å². The number of hydrogen-bond acceptors (Lipinski definition) is 5. The lowest BCUT2D eigenvalue weighted by Gasteiger charge is -2.31. The molecular weight excluding hydrogens is 320 g/mol. The summed E-state index contributed by atoms with van der Waals surface area (Å²) in [6.45, 7) is 4.73. The van der Waals surface area contributed by atoms with Crippen LogP contribution >= 0.6 is 0 Å². The Morgan fingerprint density at radius 1 is 1.52 bits per heavy atom. The second kappa shape index (κ2) is 8.11. The van der Waals surface area contributed by atoms with Gasteiger partial charge in [-0.2, -0.15) is 0 Å². The van der Waals surface area contributed by atoms with Crippen LogP contribution in [0, 0.1) is 12.8 Å². The van der Waals surface area contributed by atoms with Crippen molar-refractivity contribution in [3.63, 3.8) is 0 Å². The van der Waals surface area contributed by atoms with Gasteiger partial charge in [-0.25, -0.2) is 4.98 Å². The zero-order valence-electron chi connectivity index (χ0n) is 14.5. The number of amides is 1. The van der Waals surface area contributed by atoms with Gasteiger partial charge in [0.05, 0.1) is 18.7 Å². The number of carbonyl (C=O) groups excluding carboxylic acids is 1. The second-order valence-corrected chi connectivity index (χ2v) is 6.53. The lowest BCUT2D eigenvalue weighted by Crippen LogP contribution is -2.43. The molecule has 2 N–H and O–H groups in total. The smallest absolute Gasteiger partial charge is 0.251 e. The average molecular weight is 344 g/mol. The van der Waals surface area contributed by atoms with E-state index in [4.69, 9.17) is 4.42 Å². The van der Waals surface area contributed by atoms with Crippen LogP contribution in [0.2, 0.25) is 0 Å². The van der Waals surface area contributed by atoms with E-state index in [0.29, 0.717) is 24.5 Å². The molecule has 1 aliphatic heterocycles. The van der Waals surface area contributed by atoms with E-state index in [-0.39, 0.29) is 17.4 Å². The number of furan rings is 1. The molecule has 0 aliphatic carbocycles. The standard InChI is InChI=1S/C18H24N4O3/c1-13-10-17(23)21-16(20-13)6-7-19-18(24)14-4-2-8-22(11-14)12-15-5-3-9-25-15/h3,5,9-10,14H,2,4,6-8,11-12H2,1H3,(H,19,24)(H,20,21,23)/t14-/m0/s1. The molecule has 3 rings (SSSR count). The van der Waals surface area contributed by atoms with Crippen LogP contribution in [-0.4, -0.2) is 40.4 Å². The van der Waals surface area contributed by atoms with Crippen molar-refractivity contribution in [1.29, 1.82) is 0 Å². The molecule has 1 aliphatic rings. The van der Waals surface area contributed by atoms with E-state index in [1.54, 1.807) is 13.2 Å². The van der Waals surface area contributed by atoms with E-state index < -0.39 is 0 Å². The SMILES string of the molecule is Cc1cc(=O)[nH]c(CCNC(=O)[C@H]2CCCN(Cc3ccco3)C2)n1. The molecule has 0 radical (unpaired) electrons. The van der Waals surface area contributed by atoms with Gasteiger partial charge in [-0.3, -0.25) is 14.5 Å². The highest BCUT2D eigenvalue weighted by Gasteiger charge is 2.25. The van der Waals surface area contributed by atoms with Gasteiger partial charge in [0.2, 0.25) is 5.91 Å². The fourth-order valence-corrected chi connectivity index (χ4v) is 3.24. The average Bonchev–Trinajstić information content (AvgIpc) is 3.07. The number of aromatic nitrogens is 2. The lowest BCUT2D eigenvalue weighted by molar-refractivity contribution is -0.126. The molecule has 0 aromatic carbocycles. The normalized spacial score (nSPS) is 18.2. The zero-order chi connectivity index (χ0) is 17.6. The number of rotatable bonds is 6.